The van der Waals surface area contributed by atoms with Crippen LogP contribution in [0, 0.1) is 13.8 Å². The molecule has 7 nitrogen and oxygen atoms in total. The quantitative estimate of drug-likeness (QED) is 0.524. The predicted octanol–water partition coefficient (Wildman–Crippen LogP) is 3.79. The van der Waals surface area contributed by atoms with Crippen molar-refractivity contribution in [1.82, 2.24) is 16.0 Å². The fourth-order valence-corrected chi connectivity index (χ4v) is 3.37. The van der Waals surface area contributed by atoms with Gasteiger partial charge in [-0.25, -0.2) is 9.79 Å². The van der Waals surface area contributed by atoms with Crippen LogP contribution in [0.3, 0.4) is 0 Å². The molecule has 0 spiro atoms. The number of nitrogens with one attached hydrogen (secondary N) is 3. The number of guanidine groups is 1. The van der Waals surface area contributed by atoms with Crippen LogP contribution < -0.4 is 16.0 Å². The Morgan fingerprint density at radius 2 is 1.79 bits per heavy atom. The van der Waals surface area contributed by atoms with E-state index in [9.17, 15) is 4.79 Å². The SMILES string of the molecule is CCNC(=NCc1cc(C)oc1C)NC1CCC(NC(=O)OC(C)(C)C)CC1. The Morgan fingerprint density at radius 3 is 2.29 bits per heavy atom. The molecule has 0 aromatic carbocycles. The monoisotopic (exact) mass is 392 g/mol. The number of ether oxygens (including phenoxy) is 1. The molecule has 0 bridgehead atoms. The first-order valence-electron chi connectivity index (χ1n) is 10.3. The van der Waals surface area contributed by atoms with Crippen molar-refractivity contribution < 1.29 is 13.9 Å². The Labute approximate surface area is 168 Å². The van der Waals surface area contributed by atoms with Gasteiger partial charge in [0, 0.05) is 24.2 Å². The Morgan fingerprint density at radius 1 is 1.18 bits per heavy atom. The molecule has 1 aliphatic carbocycles. The average Bonchev–Trinajstić information content (AvgIpc) is 2.90. The summed E-state index contributed by atoms with van der Waals surface area (Å²) in [7, 11) is 0. The highest BCUT2D eigenvalue weighted by Gasteiger charge is 2.25. The highest BCUT2D eigenvalue weighted by atomic mass is 16.6. The second-order valence-electron chi connectivity index (χ2n) is 8.47. The lowest BCUT2D eigenvalue weighted by Crippen LogP contribution is -2.48. The number of carbonyl (C=O) groups is 1. The highest BCUT2D eigenvalue weighted by Crippen LogP contribution is 2.20. The van der Waals surface area contributed by atoms with E-state index in [0.29, 0.717) is 12.6 Å². The van der Waals surface area contributed by atoms with Crippen LogP contribution in [0.15, 0.2) is 15.5 Å². The molecule has 0 aliphatic heterocycles. The van der Waals surface area contributed by atoms with E-state index >= 15 is 0 Å². The van der Waals surface area contributed by atoms with Gasteiger partial charge < -0.3 is 25.1 Å². The number of hydrogen-bond acceptors (Lipinski definition) is 4. The van der Waals surface area contributed by atoms with Crippen LogP contribution in [-0.4, -0.2) is 36.3 Å². The zero-order valence-electron chi connectivity index (χ0n) is 18.1. The Balaban J connectivity index is 1.82. The minimum atomic E-state index is -0.466. The molecule has 1 saturated carbocycles. The first kappa shape index (κ1) is 22.1. The van der Waals surface area contributed by atoms with E-state index in [1.165, 1.54) is 0 Å². The molecule has 1 fully saturated rings. The van der Waals surface area contributed by atoms with Gasteiger partial charge in [-0.1, -0.05) is 0 Å². The summed E-state index contributed by atoms with van der Waals surface area (Å²) in [5, 5.41) is 9.83. The van der Waals surface area contributed by atoms with Crippen molar-refractivity contribution in [2.75, 3.05) is 6.54 Å². The molecule has 28 heavy (non-hydrogen) atoms. The molecule has 1 heterocycles. The summed E-state index contributed by atoms with van der Waals surface area (Å²) in [6.07, 6.45) is 3.49. The van der Waals surface area contributed by atoms with Gasteiger partial charge in [0.2, 0.25) is 0 Å². The van der Waals surface area contributed by atoms with E-state index in [2.05, 4.69) is 22.9 Å². The fourth-order valence-electron chi connectivity index (χ4n) is 3.37. The first-order chi connectivity index (χ1) is 13.2. The lowest BCUT2D eigenvalue weighted by Gasteiger charge is -2.31. The Hall–Kier alpha value is -2.18. The van der Waals surface area contributed by atoms with E-state index in [1.54, 1.807) is 0 Å². The molecule has 0 saturated heterocycles. The summed E-state index contributed by atoms with van der Waals surface area (Å²) in [4.78, 5) is 16.6. The van der Waals surface area contributed by atoms with Gasteiger partial charge in [-0.05, 0) is 73.3 Å². The Bertz CT molecular complexity index is 668. The molecule has 1 amide bonds. The van der Waals surface area contributed by atoms with Gasteiger partial charge in [-0.15, -0.1) is 0 Å². The molecule has 0 atom stereocenters. The zero-order chi connectivity index (χ0) is 20.7. The van der Waals surface area contributed by atoms with Crippen molar-refractivity contribution in [1.29, 1.82) is 0 Å². The maximum absolute atomic E-state index is 11.9. The highest BCUT2D eigenvalue weighted by molar-refractivity contribution is 5.80. The van der Waals surface area contributed by atoms with Gasteiger partial charge in [0.1, 0.15) is 17.1 Å². The first-order valence-corrected chi connectivity index (χ1v) is 10.3. The van der Waals surface area contributed by atoms with Crippen LogP contribution in [0.2, 0.25) is 0 Å². The van der Waals surface area contributed by atoms with Crippen molar-refractivity contribution in [2.45, 2.75) is 91.5 Å². The molecular formula is C21H36N4O3. The maximum atomic E-state index is 11.9. The van der Waals surface area contributed by atoms with Crippen LogP contribution in [0.1, 0.15) is 70.5 Å². The third kappa shape index (κ3) is 7.44. The molecule has 1 aliphatic rings. The van der Waals surface area contributed by atoms with Crippen LogP contribution in [0.4, 0.5) is 4.79 Å². The number of carbonyl (C=O) groups excluding carboxylic acids is 1. The van der Waals surface area contributed by atoms with Crippen molar-refractivity contribution in [3.05, 3.63) is 23.2 Å². The summed E-state index contributed by atoms with van der Waals surface area (Å²) >= 11 is 0. The van der Waals surface area contributed by atoms with E-state index in [-0.39, 0.29) is 12.1 Å². The van der Waals surface area contributed by atoms with Crippen LogP contribution >= 0.6 is 0 Å². The maximum Gasteiger partial charge on any atom is 0.407 e. The number of aryl methyl sites for hydroxylation is 2. The summed E-state index contributed by atoms with van der Waals surface area (Å²) in [6, 6.07) is 2.56. The van der Waals surface area contributed by atoms with E-state index < -0.39 is 5.60 Å². The van der Waals surface area contributed by atoms with Gasteiger partial charge >= 0.3 is 6.09 Å². The summed E-state index contributed by atoms with van der Waals surface area (Å²) in [6.45, 7) is 13.0. The summed E-state index contributed by atoms with van der Waals surface area (Å²) < 4.78 is 10.9. The smallest absolute Gasteiger partial charge is 0.407 e. The van der Waals surface area contributed by atoms with Crippen LogP contribution in [0.5, 0.6) is 0 Å². The average molecular weight is 393 g/mol. The largest absolute Gasteiger partial charge is 0.466 e. The van der Waals surface area contributed by atoms with Gasteiger partial charge in [-0.3, -0.25) is 0 Å². The summed E-state index contributed by atoms with van der Waals surface area (Å²) in [5.41, 5.74) is 0.645. The number of aliphatic imine (C=N–C) groups is 1. The Kier molecular flexibility index (Phi) is 7.78. The minimum Gasteiger partial charge on any atom is -0.466 e. The molecule has 2 rings (SSSR count). The molecule has 0 radical (unpaired) electrons. The van der Waals surface area contributed by atoms with E-state index in [4.69, 9.17) is 14.1 Å². The van der Waals surface area contributed by atoms with Gasteiger partial charge in [0.05, 0.1) is 6.54 Å². The molecule has 0 unspecified atom stereocenters. The molecule has 1 aromatic heterocycles. The lowest BCUT2D eigenvalue weighted by molar-refractivity contribution is 0.0490. The standard InChI is InChI=1S/C21H36N4O3/c1-7-22-19(23-13-16-12-14(2)27-15(16)3)24-17-8-10-18(11-9-17)25-20(26)28-21(4,5)6/h12,17-18H,7-11,13H2,1-6H3,(H,25,26)(H2,22,23,24). The van der Waals surface area contributed by atoms with Crippen molar-refractivity contribution >= 4 is 12.1 Å². The van der Waals surface area contributed by atoms with Gasteiger partial charge in [-0.2, -0.15) is 0 Å². The summed E-state index contributed by atoms with van der Waals surface area (Å²) in [5.74, 6) is 2.66. The molecule has 158 valence electrons. The van der Waals surface area contributed by atoms with Gasteiger partial charge in [0.25, 0.3) is 0 Å². The number of rotatable bonds is 5. The number of amides is 1. The van der Waals surface area contributed by atoms with Crippen molar-refractivity contribution in [3.8, 4) is 0 Å². The zero-order valence-corrected chi connectivity index (χ0v) is 18.1. The van der Waals surface area contributed by atoms with Crippen molar-refractivity contribution in [3.63, 3.8) is 0 Å². The van der Waals surface area contributed by atoms with E-state index in [0.717, 1.165) is 55.3 Å². The topological polar surface area (TPSA) is 87.9 Å². The van der Waals surface area contributed by atoms with Crippen molar-refractivity contribution in [2.24, 2.45) is 4.99 Å². The number of alkyl carbamates (subject to hydrolysis) is 1. The minimum absolute atomic E-state index is 0.170. The van der Waals surface area contributed by atoms with Crippen LogP contribution in [0.25, 0.3) is 0 Å². The number of furan rings is 1. The predicted molar refractivity (Wildman–Crippen MR) is 112 cm³/mol. The second kappa shape index (κ2) is 9.85. The number of hydrogen-bond donors (Lipinski definition) is 3. The third-order valence-corrected chi connectivity index (χ3v) is 4.68. The second-order valence-corrected chi connectivity index (χ2v) is 8.47. The fraction of sp³-hybridized carbons (Fsp3) is 0.714. The molecule has 7 heteroatoms. The van der Waals surface area contributed by atoms with Crippen LogP contribution in [-0.2, 0) is 11.3 Å². The lowest BCUT2D eigenvalue weighted by atomic mass is 9.91. The molecule has 1 aromatic rings. The third-order valence-electron chi connectivity index (χ3n) is 4.68. The normalized spacial score (nSPS) is 20.6. The van der Waals surface area contributed by atoms with E-state index in [1.807, 2.05) is 40.7 Å². The molecule has 3 N–H and O–H groups in total. The van der Waals surface area contributed by atoms with Gasteiger partial charge in [0.15, 0.2) is 5.96 Å². The number of nitrogens with zero attached hydrogens (tertiary/aromatic N) is 1. The molecular weight excluding hydrogens is 356 g/mol.